The lowest BCUT2D eigenvalue weighted by atomic mass is 9.89. The smallest absolute Gasteiger partial charge is 0.163 e. The molecule has 2 aliphatic heterocycles. The highest BCUT2D eigenvalue weighted by Crippen LogP contribution is 2.34. The Hall–Kier alpha value is -0.160. The van der Waals surface area contributed by atoms with E-state index < -0.39 is 5.79 Å². The summed E-state index contributed by atoms with van der Waals surface area (Å²) >= 11 is 0. The predicted molar refractivity (Wildman–Crippen MR) is 54.4 cm³/mol. The lowest BCUT2D eigenvalue weighted by molar-refractivity contribution is -0.146. The highest BCUT2D eigenvalue weighted by Gasteiger charge is 2.42. The molecule has 0 aromatic heterocycles. The highest BCUT2D eigenvalue weighted by atomic mass is 16.7. The van der Waals surface area contributed by atoms with E-state index in [1.165, 1.54) is 0 Å². The standard InChI is InChI=1S/C11H20O4/c1-11(2)14-7-10(15-11)9-6-13-5-8(9)3-4-12/h8-10,12H,3-7H2,1-2H3/t8-,9-,10?/m1/s1. The summed E-state index contributed by atoms with van der Waals surface area (Å²) in [6.45, 7) is 6.21. The predicted octanol–water partition coefficient (Wildman–Crippen LogP) is 0.783. The van der Waals surface area contributed by atoms with E-state index in [1.54, 1.807) is 0 Å². The third kappa shape index (κ3) is 2.50. The number of rotatable bonds is 3. The van der Waals surface area contributed by atoms with Gasteiger partial charge in [0.15, 0.2) is 5.79 Å². The molecule has 0 radical (unpaired) electrons. The lowest BCUT2D eigenvalue weighted by Gasteiger charge is -2.23. The van der Waals surface area contributed by atoms with Crippen molar-refractivity contribution < 1.29 is 19.3 Å². The van der Waals surface area contributed by atoms with E-state index >= 15 is 0 Å². The van der Waals surface area contributed by atoms with Crippen LogP contribution in [0.5, 0.6) is 0 Å². The molecule has 0 saturated carbocycles. The van der Waals surface area contributed by atoms with Crippen LogP contribution in [0.1, 0.15) is 20.3 Å². The monoisotopic (exact) mass is 216 g/mol. The average Bonchev–Trinajstić information content (AvgIpc) is 2.72. The minimum absolute atomic E-state index is 0.124. The fourth-order valence-electron chi connectivity index (χ4n) is 2.42. The first-order valence-electron chi connectivity index (χ1n) is 5.63. The number of aliphatic hydroxyl groups excluding tert-OH is 1. The Kier molecular flexibility index (Phi) is 3.30. The first-order valence-corrected chi connectivity index (χ1v) is 5.63. The third-order valence-electron chi connectivity index (χ3n) is 3.26. The van der Waals surface area contributed by atoms with Crippen LogP contribution in [0.4, 0.5) is 0 Å². The summed E-state index contributed by atoms with van der Waals surface area (Å²) in [7, 11) is 0. The molecule has 2 rings (SSSR count). The summed E-state index contributed by atoms with van der Waals surface area (Å²) in [6, 6.07) is 0. The van der Waals surface area contributed by atoms with Gasteiger partial charge in [-0.1, -0.05) is 0 Å². The molecule has 0 amide bonds. The highest BCUT2D eigenvalue weighted by molar-refractivity contribution is 4.85. The summed E-state index contributed by atoms with van der Waals surface area (Å²) in [5.74, 6) is 0.327. The molecular weight excluding hydrogens is 196 g/mol. The topological polar surface area (TPSA) is 47.9 Å². The number of aliphatic hydroxyl groups is 1. The maximum absolute atomic E-state index is 8.96. The molecule has 2 heterocycles. The van der Waals surface area contributed by atoms with Crippen molar-refractivity contribution >= 4 is 0 Å². The Morgan fingerprint density at radius 2 is 2.07 bits per heavy atom. The van der Waals surface area contributed by atoms with Crippen molar-refractivity contribution in [2.45, 2.75) is 32.2 Å². The van der Waals surface area contributed by atoms with Crippen LogP contribution in [0.2, 0.25) is 0 Å². The second-order valence-electron chi connectivity index (χ2n) is 4.84. The normalized spacial score (nSPS) is 39.8. The Labute approximate surface area is 90.5 Å². The van der Waals surface area contributed by atoms with Gasteiger partial charge in [-0.05, 0) is 26.2 Å². The second-order valence-corrected chi connectivity index (χ2v) is 4.84. The van der Waals surface area contributed by atoms with Gasteiger partial charge < -0.3 is 19.3 Å². The molecule has 2 fully saturated rings. The van der Waals surface area contributed by atoms with Crippen LogP contribution >= 0.6 is 0 Å². The summed E-state index contributed by atoms with van der Waals surface area (Å²) in [4.78, 5) is 0. The minimum Gasteiger partial charge on any atom is -0.396 e. The van der Waals surface area contributed by atoms with Crippen molar-refractivity contribution in [3.05, 3.63) is 0 Å². The maximum Gasteiger partial charge on any atom is 0.163 e. The zero-order chi connectivity index (χ0) is 10.9. The SMILES string of the molecule is CC1(C)OCC([C@@H]2COC[C@H]2CCO)O1. The molecule has 88 valence electrons. The van der Waals surface area contributed by atoms with Gasteiger partial charge in [-0.15, -0.1) is 0 Å². The zero-order valence-electron chi connectivity index (χ0n) is 9.44. The number of ether oxygens (including phenoxy) is 3. The van der Waals surface area contributed by atoms with Crippen LogP contribution in [0, 0.1) is 11.8 Å². The fourth-order valence-corrected chi connectivity index (χ4v) is 2.42. The van der Waals surface area contributed by atoms with E-state index in [1.807, 2.05) is 13.8 Å². The van der Waals surface area contributed by atoms with Crippen LogP contribution in [0.25, 0.3) is 0 Å². The van der Waals surface area contributed by atoms with Crippen molar-refractivity contribution in [1.82, 2.24) is 0 Å². The minimum atomic E-state index is -0.461. The van der Waals surface area contributed by atoms with E-state index in [-0.39, 0.29) is 12.7 Å². The van der Waals surface area contributed by atoms with E-state index in [9.17, 15) is 0 Å². The largest absolute Gasteiger partial charge is 0.396 e. The van der Waals surface area contributed by atoms with E-state index in [4.69, 9.17) is 19.3 Å². The van der Waals surface area contributed by atoms with Crippen LogP contribution in [-0.2, 0) is 14.2 Å². The van der Waals surface area contributed by atoms with Gasteiger partial charge in [0.2, 0.25) is 0 Å². The van der Waals surface area contributed by atoms with Crippen molar-refractivity contribution in [3.63, 3.8) is 0 Å². The summed E-state index contributed by atoms with van der Waals surface area (Å²) in [6.07, 6.45) is 0.921. The van der Waals surface area contributed by atoms with Gasteiger partial charge in [0, 0.05) is 19.1 Å². The van der Waals surface area contributed by atoms with E-state index in [0.717, 1.165) is 19.6 Å². The first kappa shape index (κ1) is 11.3. The molecule has 4 nitrogen and oxygen atoms in total. The molecule has 0 spiro atoms. The molecule has 0 aromatic rings. The van der Waals surface area contributed by atoms with Gasteiger partial charge in [0.25, 0.3) is 0 Å². The number of hydrogen-bond acceptors (Lipinski definition) is 4. The van der Waals surface area contributed by atoms with Gasteiger partial charge in [0.05, 0.1) is 19.3 Å². The molecule has 3 atom stereocenters. The fraction of sp³-hybridized carbons (Fsp3) is 1.00. The van der Waals surface area contributed by atoms with Crippen molar-refractivity contribution in [3.8, 4) is 0 Å². The second kappa shape index (κ2) is 4.37. The van der Waals surface area contributed by atoms with Gasteiger partial charge in [0.1, 0.15) is 0 Å². The van der Waals surface area contributed by atoms with Crippen LogP contribution in [0.3, 0.4) is 0 Å². The van der Waals surface area contributed by atoms with Crippen molar-refractivity contribution in [2.75, 3.05) is 26.4 Å². The van der Waals surface area contributed by atoms with Crippen LogP contribution in [0.15, 0.2) is 0 Å². The van der Waals surface area contributed by atoms with Gasteiger partial charge >= 0.3 is 0 Å². The first-order chi connectivity index (χ1) is 7.12. The van der Waals surface area contributed by atoms with Crippen molar-refractivity contribution in [2.24, 2.45) is 11.8 Å². The van der Waals surface area contributed by atoms with Crippen molar-refractivity contribution in [1.29, 1.82) is 0 Å². The Balaban J connectivity index is 1.93. The van der Waals surface area contributed by atoms with E-state index in [0.29, 0.717) is 18.4 Å². The Bertz CT molecular complexity index is 217. The van der Waals surface area contributed by atoms with Crippen LogP contribution < -0.4 is 0 Å². The molecule has 2 aliphatic rings. The lowest BCUT2D eigenvalue weighted by Crippen LogP contribution is -2.31. The molecule has 2 saturated heterocycles. The van der Waals surface area contributed by atoms with Gasteiger partial charge in [-0.2, -0.15) is 0 Å². The molecule has 1 N–H and O–H groups in total. The molecule has 0 bridgehead atoms. The summed E-state index contributed by atoms with van der Waals surface area (Å²) in [5, 5.41) is 8.96. The third-order valence-corrected chi connectivity index (χ3v) is 3.26. The number of hydrogen-bond donors (Lipinski definition) is 1. The Morgan fingerprint density at radius 3 is 2.67 bits per heavy atom. The molecule has 15 heavy (non-hydrogen) atoms. The van der Waals surface area contributed by atoms with Gasteiger partial charge in [-0.3, -0.25) is 0 Å². The Morgan fingerprint density at radius 1 is 1.27 bits per heavy atom. The quantitative estimate of drug-likeness (QED) is 0.757. The molecule has 0 aliphatic carbocycles. The molecule has 4 heteroatoms. The summed E-state index contributed by atoms with van der Waals surface area (Å²) < 4.78 is 16.8. The molecule has 1 unspecified atom stereocenters. The van der Waals surface area contributed by atoms with Crippen LogP contribution in [-0.4, -0.2) is 43.4 Å². The molecule has 0 aromatic carbocycles. The average molecular weight is 216 g/mol. The van der Waals surface area contributed by atoms with E-state index in [2.05, 4.69) is 0 Å². The molecular formula is C11H20O4. The summed E-state index contributed by atoms with van der Waals surface area (Å²) in [5.41, 5.74) is 0. The van der Waals surface area contributed by atoms with Gasteiger partial charge in [-0.25, -0.2) is 0 Å². The zero-order valence-corrected chi connectivity index (χ0v) is 9.44. The maximum atomic E-state index is 8.96.